The summed E-state index contributed by atoms with van der Waals surface area (Å²) in [5.41, 5.74) is 3.32. The minimum atomic E-state index is -0.571. The van der Waals surface area contributed by atoms with E-state index in [0.717, 1.165) is 32.9 Å². The highest BCUT2D eigenvalue weighted by molar-refractivity contribution is 6.11. The van der Waals surface area contributed by atoms with Gasteiger partial charge in [0.25, 0.3) is 5.69 Å². The average Bonchev–Trinajstić information content (AvgIpc) is 2.89. The van der Waals surface area contributed by atoms with Gasteiger partial charge in [-0.25, -0.2) is 9.59 Å². The maximum Gasteiger partial charge on any atom is 0.411 e. The fourth-order valence-electron chi connectivity index (χ4n) is 4.32. The largest absolute Gasteiger partial charge is 0.450 e. The summed E-state index contributed by atoms with van der Waals surface area (Å²) in [4.78, 5) is 35.0. The molecule has 4 rings (SSSR count). The van der Waals surface area contributed by atoms with E-state index in [1.54, 1.807) is 44.2 Å². The molecule has 0 atom stereocenters. The number of allylic oxidation sites excluding steroid dienone is 1. The number of nitro groups is 1. The van der Waals surface area contributed by atoms with E-state index in [2.05, 4.69) is 17.2 Å². The SMILES string of the molecule is C=CC[n+]1c(-c2ccc([N+](=O)[O-])cc2)c2cc(NC(=O)OCC)ccc2c2ccc(NC(=O)OCC)cc21. The number of fused-ring (bicyclic) bond motifs is 3. The van der Waals surface area contributed by atoms with Crippen molar-refractivity contribution in [2.75, 3.05) is 23.8 Å². The van der Waals surface area contributed by atoms with Gasteiger partial charge in [-0.2, -0.15) is 4.57 Å². The summed E-state index contributed by atoms with van der Waals surface area (Å²) in [5, 5.41) is 19.3. The molecule has 0 saturated heterocycles. The topological polar surface area (TPSA) is 124 Å². The van der Waals surface area contributed by atoms with Crippen LogP contribution in [-0.4, -0.2) is 30.3 Å². The van der Waals surface area contributed by atoms with Crippen molar-refractivity contribution in [3.63, 3.8) is 0 Å². The van der Waals surface area contributed by atoms with Gasteiger partial charge in [-0.1, -0.05) is 12.6 Å². The highest BCUT2D eigenvalue weighted by Gasteiger charge is 2.24. The molecule has 38 heavy (non-hydrogen) atoms. The molecule has 0 aliphatic rings. The van der Waals surface area contributed by atoms with Crippen molar-refractivity contribution in [3.8, 4) is 11.3 Å². The van der Waals surface area contributed by atoms with Gasteiger partial charge in [0.05, 0.1) is 34.6 Å². The third-order valence-corrected chi connectivity index (χ3v) is 5.83. The van der Waals surface area contributed by atoms with Crippen LogP contribution < -0.4 is 15.2 Å². The Balaban J connectivity index is 2.01. The first-order valence-corrected chi connectivity index (χ1v) is 12.0. The van der Waals surface area contributed by atoms with Crippen molar-refractivity contribution in [3.05, 3.63) is 83.4 Å². The number of nitrogens with one attached hydrogen (secondary N) is 2. The molecule has 0 fully saturated rings. The van der Waals surface area contributed by atoms with Crippen molar-refractivity contribution >= 4 is 50.9 Å². The van der Waals surface area contributed by atoms with Crippen molar-refractivity contribution in [1.82, 2.24) is 0 Å². The standard InChI is InChI=1S/C28H26N4O6/c1-4-15-31-25-17-20(30-28(34)38-6-3)10-14-23(25)22-13-9-19(29-27(33)37-5-2)16-24(22)26(31)18-7-11-21(12-8-18)32(35)36/h4,7-14,16-17H,1,5-6,15H2,2-3H3,(H,29,33)/p+1. The molecule has 0 aliphatic heterocycles. The number of hydrogen-bond acceptors (Lipinski definition) is 6. The molecule has 1 heterocycles. The first kappa shape index (κ1) is 26.1. The van der Waals surface area contributed by atoms with E-state index in [9.17, 15) is 19.7 Å². The van der Waals surface area contributed by atoms with Crippen LogP contribution in [0.4, 0.5) is 26.7 Å². The fraction of sp³-hybridized carbons (Fsp3) is 0.179. The third kappa shape index (κ3) is 5.39. The lowest BCUT2D eigenvalue weighted by atomic mass is 9.98. The van der Waals surface area contributed by atoms with Crippen LogP contribution in [0.5, 0.6) is 0 Å². The molecular formula is C28H27N4O6+. The highest BCUT2D eigenvalue weighted by atomic mass is 16.6. The van der Waals surface area contributed by atoms with Gasteiger partial charge in [-0.05, 0) is 56.3 Å². The number of ether oxygens (including phenoxy) is 2. The predicted molar refractivity (Wildman–Crippen MR) is 145 cm³/mol. The van der Waals surface area contributed by atoms with E-state index in [1.165, 1.54) is 12.1 Å². The summed E-state index contributed by atoms with van der Waals surface area (Å²) in [7, 11) is 0. The second kappa shape index (κ2) is 11.4. The van der Waals surface area contributed by atoms with Crippen LogP contribution >= 0.6 is 0 Å². The smallest absolute Gasteiger partial charge is 0.411 e. The van der Waals surface area contributed by atoms with Crippen LogP contribution in [0.1, 0.15) is 13.8 Å². The van der Waals surface area contributed by atoms with E-state index in [0.29, 0.717) is 17.9 Å². The molecule has 4 aromatic rings. The first-order valence-electron chi connectivity index (χ1n) is 12.0. The van der Waals surface area contributed by atoms with E-state index in [-0.39, 0.29) is 18.9 Å². The number of rotatable bonds is 8. The van der Waals surface area contributed by atoms with Crippen LogP contribution in [0.15, 0.2) is 73.3 Å². The quantitative estimate of drug-likeness (QED) is 0.0950. The first-order chi connectivity index (χ1) is 18.4. The van der Waals surface area contributed by atoms with Gasteiger partial charge in [0.1, 0.15) is 0 Å². The predicted octanol–water partition coefficient (Wildman–Crippen LogP) is 6.18. The fourth-order valence-corrected chi connectivity index (χ4v) is 4.32. The summed E-state index contributed by atoms with van der Waals surface area (Å²) in [6, 6.07) is 17.3. The molecule has 0 radical (unpaired) electrons. The molecule has 2 amide bonds. The lowest BCUT2D eigenvalue weighted by molar-refractivity contribution is -0.648. The number of carbonyl (C=O) groups excluding carboxylic acids is 2. The van der Waals surface area contributed by atoms with E-state index >= 15 is 0 Å². The molecule has 10 heteroatoms. The van der Waals surface area contributed by atoms with Crippen LogP contribution in [0.3, 0.4) is 0 Å². The normalized spacial score (nSPS) is 10.7. The van der Waals surface area contributed by atoms with Crippen LogP contribution in [-0.2, 0) is 16.0 Å². The Labute approximate surface area is 218 Å². The molecule has 0 aliphatic carbocycles. The summed E-state index contributed by atoms with van der Waals surface area (Å²) < 4.78 is 12.1. The van der Waals surface area contributed by atoms with Gasteiger partial charge in [0, 0.05) is 34.8 Å². The molecule has 0 bridgehead atoms. The number of benzene rings is 3. The van der Waals surface area contributed by atoms with Crippen molar-refractivity contribution in [2.45, 2.75) is 20.4 Å². The zero-order chi connectivity index (χ0) is 27.2. The maximum absolute atomic E-state index is 12.1. The van der Waals surface area contributed by atoms with Gasteiger partial charge >= 0.3 is 12.2 Å². The maximum atomic E-state index is 12.1. The summed E-state index contributed by atoms with van der Waals surface area (Å²) in [6.07, 6.45) is 0.609. The number of carbonyl (C=O) groups is 2. The van der Waals surface area contributed by atoms with Gasteiger partial charge in [-0.3, -0.25) is 20.7 Å². The van der Waals surface area contributed by atoms with Crippen LogP contribution in [0, 0.1) is 10.1 Å². The Kier molecular flexibility index (Phi) is 7.81. The number of non-ortho nitro benzene ring substituents is 1. The summed E-state index contributed by atoms with van der Waals surface area (Å²) in [6.45, 7) is 8.24. The number of nitrogens with zero attached hydrogens (tertiary/aromatic N) is 2. The summed E-state index contributed by atoms with van der Waals surface area (Å²) in [5.74, 6) is 0. The molecule has 1 aromatic heterocycles. The Morgan fingerprint density at radius 1 is 0.895 bits per heavy atom. The number of amides is 2. The van der Waals surface area contributed by atoms with Crippen LogP contribution in [0.25, 0.3) is 32.9 Å². The second-order valence-electron chi connectivity index (χ2n) is 8.24. The van der Waals surface area contributed by atoms with Crippen molar-refractivity contribution in [1.29, 1.82) is 0 Å². The number of hydrogen-bond donors (Lipinski definition) is 2. The third-order valence-electron chi connectivity index (χ3n) is 5.83. The van der Waals surface area contributed by atoms with Gasteiger partial charge < -0.3 is 9.47 Å². The van der Waals surface area contributed by atoms with E-state index in [1.807, 2.05) is 28.8 Å². The zero-order valence-corrected chi connectivity index (χ0v) is 21.0. The Morgan fingerprint density at radius 2 is 1.47 bits per heavy atom. The highest BCUT2D eigenvalue weighted by Crippen LogP contribution is 2.35. The number of pyridine rings is 1. The van der Waals surface area contributed by atoms with Gasteiger partial charge in [0.2, 0.25) is 11.2 Å². The van der Waals surface area contributed by atoms with Crippen molar-refractivity contribution in [2.24, 2.45) is 0 Å². The van der Waals surface area contributed by atoms with Gasteiger partial charge in [-0.15, -0.1) is 0 Å². The Hall–Kier alpha value is -4.99. The number of nitro benzene ring substituents is 1. The molecule has 0 unspecified atom stereocenters. The molecule has 0 spiro atoms. The van der Waals surface area contributed by atoms with Crippen LogP contribution in [0.2, 0.25) is 0 Å². The van der Waals surface area contributed by atoms with E-state index in [4.69, 9.17) is 9.47 Å². The monoisotopic (exact) mass is 515 g/mol. The zero-order valence-electron chi connectivity index (χ0n) is 21.0. The summed E-state index contributed by atoms with van der Waals surface area (Å²) >= 11 is 0. The average molecular weight is 516 g/mol. The minimum Gasteiger partial charge on any atom is -0.450 e. The molecular weight excluding hydrogens is 488 g/mol. The number of aromatic nitrogens is 1. The van der Waals surface area contributed by atoms with Crippen molar-refractivity contribution < 1.29 is 28.6 Å². The molecule has 194 valence electrons. The molecule has 2 N–H and O–H groups in total. The lowest BCUT2D eigenvalue weighted by Crippen LogP contribution is -2.37. The van der Waals surface area contributed by atoms with E-state index < -0.39 is 17.1 Å². The molecule has 3 aromatic carbocycles. The lowest BCUT2D eigenvalue weighted by Gasteiger charge is -2.14. The Morgan fingerprint density at radius 3 is 2.03 bits per heavy atom. The molecule has 10 nitrogen and oxygen atoms in total. The molecule has 0 saturated carbocycles. The number of anilines is 2. The minimum absolute atomic E-state index is 0.0281. The second-order valence-corrected chi connectivity index (χ2v) is 8.24. The van der Waals surface area contributed by atoms with Gasteiger partial charge in [0.15, 0.2) is 6.54 Å². The Bertz CT molecular complexity index is 1550.